The van der Waals surface area contributed by atoms with Crippen LogP contribution in [0, 0.1) is 0 Å². The number of nitrogens with one attached hydrogen (secondary N) is 2. The average molecular weight is 489 g/mol. The molecule has 35 heavy (non-hydrogen) atoms. The first-order valence-electron chi connectivity index (χ1n) is 11.9. The zero-order chi connectivity index (χ0) is 24.5. The lowest BCUT2D eigenvalue weighted by Gasteiger charge is -2.31. The third-order valence-corrected chi connectivity index (χ3v) is 6.80. The van der Waals surface area contributed by atoms with Gasteiger partial charge in [0.1, 0.15) is 0 Å². The largest absolute Gasteiger partial charge is 0.493 e. The van der Waals surface area contributed by atoms with Gasteiger partial charge in [-0.15, -0.1) is 0 Å². The van der Waals surface area contributed by atoms with Crippen LogP contribution >= 0.6 is 11.6 Å². The Bertz CT molecular complexity index is 1280. The molecule has 0 aromatic heterocycles. The quantitative estimate of drug-likeness (QED) is 0.400. The van der Waals surface area contributed by atoms with Gasteiger partial charge in [-0.25, -0.2) is 0 Å². The highest BCUT2D eigenvalue weighted by Gasteiger charge is 2.37. The van der Waals surface area contributed by atoms with Gasteiger partial charge < -0.3 is 20.1 Å². The highest BCUT2D eigenvalue weighted by atomic mass is 35.5. The standard InChI is InChI=1S/C29H29ClN2O3/c1-17(2)35-29-21(7-6-10-26(29)34-3)28-27-24(31-22-8-4-5-9-23(22)32-28)15-19(16-25(27)33)18-11-13-20(30)14-12-18/h4-14,17,19,28,31-32H,15-16H2,1-3H3. The number of ketones is 1. The van der Waals surface area contributed by atoms with Crippen molar-refractivity contribution < 1.29 is 14.3 Å². The molecule has 1 aliphatic carbocycles. The molecule has 0 saturated carbocycles. The van der Waals surface area contributed by atoms with Crippen molar-refractivity contribution in [1.29, 1.82) is 0 Å². The first-order chi connectivity index (χ1) is 16.9. The molecule has 3 aromatic carbocycles. The third kappa shape index (κ3) is 4.61. The van der Waals surface area contributed by atoms with Crippen molar-refractivity contribution >= 4 is 28.8 Å². The van der Waals surface area contributed by atoms with Crippen molar-refractivity contribution in [3.8, 4) is 11.5 Å². The van der Waals surface area contributed by atoms with Gasteiger partial charge in [0.15, 0.2) is 17.3 Å². The van der Waals surface area contributed by atoms with Gasteiger partial charge in [0.25, 0.3) is 0 Å². The summed E-state index contributed by atoms with van der Waals surface area (Å²) in [5.74, 6) is 1.49. The summed E-state index contributed by atoms with van der Waals surface area (Å²) in [4.78, 5) is 13.8. The van der Waals surface area contributed by atoms with E-state index in [-0.39, 0.29) is 23.8 Å². The molecule has 0 fully saturated rings. The summed E-state index contributed by atoms with van der Waals surface area (Å²) in [6, 6.07) is 21.3. The molecule has 2 unspecified atom stereocenters. The Morgan fingerprint density at radius 1 is 0.943 bits per heavy atom. The molecule has 5 nitrogen and oxygen atoms in total. The fourth-order valence-corrected chi connectivity index (χ4v) is 5.10. The van der Waals surface area contributed by atoms with E-state index in [2.05, 4.69) is 10.6 Å². The van der Waals surface area contributed by atoms with Gasteiger partial charge in [0.05, 0.1) is 30.6 Å². The molecule has 6 heteroatoms. The van der Waals surface area contributed by atoms with Gasteiger partial charge in [-0.2, -0.15) is 0 Å². The lowest BCUT2D eigenvalue weighted by molar-refractivity contribution is -0.116. The summed E-state index contributed by atoms with van der Waals surface area (Å²) in [5.41, 5.74) is 5.54. The molecule has 0 amide bonds. The van der Waals surface area contributed by atoms with E-state index >= 15 is 0 Å². The number of para-hydroxylation sites is 3. The monoisotopic (exact) mass is 488 g/mol. The molecule has 0 radical (unpaired) electrons. The van der Waals surface area contributed by atoms with E-state index in [1.807, 2.05) is 80.6 Å². The Morgan fingerprint density at radius 2 is 1.69 bits per heavy atom. The Labute approximate surface area is 211 Å². The normalized spacial score (nSPS) is 19.3. The number of fused-ring (bicyclic) bond motifs is 1. The molecular formula is C29H29ClN2O3. The lowest BCUT2D eigenvalue weighted by Crippen LogP contribution is -2.27. The number of allylic oxidation sites excluding steroid dienone is 1. The topological polar surface area (TPSA) is 59.6 Å². The van der Waals surface area contributed by atoms with Crippen molar-refractivity contribution in [3.05, 3.63) is 94.1 Å². The van der Waals surface area contributed by atoms with Crippen molar-refractivity contribution in [2.75, 3.05) is 17.7 Å². The van der Waals surface area contributed by atoms with Crippen LogP contribution in [0.4, 0.5) is 11.4 Å². The van der Waals surface area contributed by atoms with E-state index < -0.39 is 0 Å². The fourth-order valence-electron chi connectivity index (χ4n) is 4.98. The number of halogens is 1. The van der Waals surface area contributed by atoms with Crippen LogP contribution in [-0.2, 0) is 4.79 Å². The van der Waals surface area contributed by atoms with Crippen molar-refractivity contribution in [3.63, 3.8) is 0 Å². The number of benzene rings is 3. The molecule has 0 saturated heterocycles. The van der Waals surface area contributed by atoms with Crippen molar-refractivity contribution in [1.82, 2.24) is 0 Å². The molecule has 5 rings (SSSR count). The van der Waals surface area contributed by atoms with E-state index in [0.717, 1.165) is 40.2 Å². The van der Waals surface area contributed by atoms with Crippen LogP contribution in [0.15, 0.2) is 78.0 Å². The second-order valence-electron chi connectivity index (χ2n) is 9.27. The molecule has 0 spiro atoms. The average Bonchev–Trinajstić information content (AvgIpc) is 3.01. The Morgan fingerprint density at radius 3 is 2.40 bits per heavy atom. The van der Waals surface area contributed by atoms with Crippen LogP contribution in [0.2, 0.25) is 5.02 Å². The van der Waals surface area contributed by atoms with E-state index in [9.17, 15) is 4.79 Å². The Hall–Kier alpha value is -3.44. The van der Waals surface area contributed by atoms with E-state index in [1.54, 1.807) is 7.11 Å². The Balaban J connectivity index is 1.65. The molecule has 3 aromatic rings. The lowest BCUT2D eigenvalue weighted by atomic mass is 9.78. The Kier molecular flexibility index (Phi) is 6.44. The second kappa shape index (κ2) is 9.67. The molecular weight excluding hydrogens is 460 g/mol. The van der Waals surface area contributed by atoms with E-state index in [1.165, 1.54) is 0 Å². The van der Waals surface area contributed by atoms with Gasteiger partial charge in [-0.3, -0.25) is 4.79 Å². The number of Topliss-reactive ketones (excluding diaryl/α,β-unsaturated/α-hetero) is 1. The van der Waals surface area contributed by atoms with Gasteiger partial charge in [-0.1, -0.05) is 48.0 Å². The van der Waals surface area contributed by atoms with Crippen LogP contribution in [0.5, 0.6) is 11.5 Å². The molecule has 2 N–H and O–H groups in total. The minimum atomic E-state index is -0.385. The summed E-state index contributed by atoms with van der Waals surface area (Å²) in [6.45, 7) is 3.97. The van der Waals surface area contributed by atoms with Crippen molar-refractivity contribution in [2.45, 2.75) is 44.8 Å². The molecule has 1 heterocycles. The van der Waals surface area contributed by atoms with Gasteiger partial charge in [0.2, 0.25) is 0 Å². The molecule has 0 bridgehead atoms. The smallest absolute Gasteiger partial charge is 0.167 e. The number of hydrogen-bond acceptors (Lipinski definition) is 5. The summed E-state index contributed by atoms with van der Waals surface area (Å²) in [6.07, 6.45) is 1.10. The maximum absolute atomic E-state index is 13.8. The third-order valence-electron chi connectivity index (χ3n) is 6.54. The number of carbonyl (C=O) groups is 1. The summed E-state index contributed by atoms with van der Waals surface area (Å²) < 4.78 is 11.9. The summed E-state index contributed by atoms with van der Waals surface area (Å²) >= 11 is 6.11. The van der Waals surface area contributed by atoms with E-state index in [4.69, 9.17) is 21.1 Å². The number of rotatable bonds is 5. The zero-order valence-corrected chi connectivity index (χ0v) is 20.9. The maximum atomic E-state index is 13.8. The van der Waals surface area contributed by atoms with Crippen LogP contribution in [0.25, 0.3) is 0 Å². The van der Waals surface area contributed by atoms with Crippen LogP contribution < -0.4 is 20.1 Å². The predicted octanol–water partition coefficient (Wildman–Crippen LogP) is 7.12. The number of ether oxygens (including phenoxy) is 2. The van der Waals surface area contributed by atoms with Crippen molar-refractivity contribution in [2.24, 2.45) is 0 Å². The molecule has 1 aliphatic heterocycles. The number of carbonyl (C=O) groups excluding carboxylic acids is 1. The van der Waals surface area contributed by atoms with Gasteiger partial charge in [-0.05, 0) is 62.1 Å². The second-order valence-corrected chi connectivity index (χ2v) is 9.70. The summed E-state index contributed by atoms with van der Waals surface area (Å²) in [5, 5.41) is 7.92. The van der Waals surface area contributed by atoms with Crippen LogP contribution in [0.1, 0.15) is 49.8 Å². The maximum Gasteiger partial charge on any atom is 0.167 e. The molecule has 2 atom stereocenters. The minimum Gasteiger partial charge on any atom is -0.493 e. The van der Waals surface area contributed by atoms with Gasteiger partial charge in [0, 0.05) is 28.3 Å². The first kappa shape index (κ1) is 23.3. The summed E-state index contributed by atoms with van der Waals surface area (Å²) in [7, 11) is 1.64. The number of anilines is 2. The highest BCUT2D eigenvalue weighted by Crippen LogP contribution is 2.47. The SMILES string of the molecule is COc1cccc(C2Nc3ccccc3NC3=C2C(=O)CC(c2ccc(Cl)cc2)C3)c1OC(C)C. The predicted molar refractivity (Wildman–Crippen MR) is 141 cm³/mol. The zero-order valence-electron chi connectivity index (χ0n) is 20.1. The fraction of sp³-hybridized carbons (Fsp3) is 0.276. The van der Waals surface area contributed by atoms with Crippen LogP contribution in [0.3, 0.4) is 0 Å². The number of methoxy groups -OCH3 is 1. The van der Waals surface area contributed by atoms with Gasteiger partial charge >= 0.3 is 0 Å². The number of hydrogen-bond donors (Lipinski definition) is 2. The van der Waals surface area contributed by atoms with Crippen LogP contribution in [-0.4, -0.2) is 19.0 Å². The first-order valence-corrected chi connectivity index (χ1v) is 12.3. The highest BCUT2D eigenvalue weighted by molar-refractivity contribution is 6.30. The molecule has 2 aliphatic rings. The molecule has 180 valence electrons. The minimum absolute atomic E-state index is 0.0500. The van der Waals surface area contributed by atoms with E-state index in [0.29, 0.717) is 22.9 Å².